The molecule has 0 aliphatic carbocycles. The topological polar surface area (TPSA) is 62.9 Å². The minimum absolute atomic E-state index is 0.0173. The van der Waals surface area contributed by atoms with E-state index in [1.807, 2.05) is 12.1 Å². The number of aliphatic imine (C=N–C) groups is 1. The van der Waals surface area contributed by atoms with E-state index in [0.29, 0.717) is 19.1 Å². The van der Waals surface area contributed by atoms with E-state index < -0.39 is 0 Å². The molecule has 29 heavy (non-hydrogen) atoms. The fourth-order valence-corrected chi connectivity index (χ4v) is 2.92. The molecule has 0 bridgehead atoms. The van der Waals surface area contributed by atoms with Crippen molar-refractivity contribution in [3.63, 3.8) is 0 Å². The van der Waals surface area contributed by atoms with Gasteiger partial charge in [-0.1, -0.05) is 34.1 Å². The SMILES string of the molecule is CCN(C(=NCC(C)(C)CN)Nc1ccc(OCCCCC(C)C)cc1)C(C)C. The minimum Gasteiger partial charge on any atom is -0.494 e. The Hall–Kier alpha value is -1.75. The number of benzene rings is 1. The second-order valence-corrected chi connectivity index (χ2v) is 9.28. The third-order valence-electron chi connectivity index (χ3n) is 5.00. The van der Waals surface area contributed by atoms with Gasteiger partial charge in [-0.05, 0) is 75.8 Å². The van der Waals surface area contributed by atoms with Gasteiger partial charge in [0.15, 0.2) is 5.96 Å². The Morgan fingerprint density at radius 1 is 1.14 bits per heavy atom. The minimum atomic E-state index is -0.0173. The highest BCUT2D eigenvalue weighted by molar-refractivity contribution is 5.93. The molecule has 0 saturated carbocycles. The molecular formula is C24H44N4O. The van der Waals surface area contributed by atoms with Gasteiger partial charge in [0.1, 0.15) is 5.75 Å². The van der Waals surface area contributed by atoms with Gasteiger partial charge in [0, 0.05) is 24.8 Å². The molecule has 0 aliphatic heterocycles. The number of hydrogen-bond donors (Lipinski definition) is 2. The lowest BCUT2D eigenvalue weighted by Crippen LogP contribution is -2.42. The molecule has 0 spiro atoms. The quantitative estimate of drug-likeness (QED) is 0.279. The summed E-state index contributed by atoms with van der Waals surface area (Å²) in [7, 11) is 0. The van der Waals surface area contributed by atoms with Gasteiger partial charge < -0.3 is 20.7 Å². The number of rotatable bonds is 12. The summed E-state index contributed by atoms with van der Waals surface area (Å²) in [5.74, 6) is 2.57. The van der Waals surface area contributed by atoms with Crippen LogP contribution < -0.4 is 15.8 Å². The Morgan fingerprint density at radius 3 is 2.31 bits per heavy atom. The van der Waals surface area contributed by atoms with E-state index in [1.165, 1.54) is 12.8 Å². The standard InChI is InChI=1S/C24H44N4O/c1-8-28(20(4)5)23(26-18-24(6,7)17-25)27-21-12-14-22(15-13-21)29-16-10-9-11-19(2)3/h12-15,19-20H,8-11,16-18,25H2,1-7H3,(H,26,27). The van der Waals surface area contributed by atoms with Crippen molar-refractivity contribution in [1.82, 2.24) is 4.90 Å². The first kappa shape index (κ1) is 25.3. The first-order valence-electron chi connectivity index (χ1n) is 11.2. The fourth-order valence-electron chi connectivity index (χ4n) is 2.92. The first-order chi connectivity index (χ1) is 13.7. The van der Waals surface area contributed by atoms with Gasteiger partial charge in [-0.15, -0.1) is 0 Å². The van der Waals surface area contributed by atoms with Crippen molar-refractivity contribution >= 4 is 11.6 Å². The number of nitrogens with zero attached hydrogens (tertiary/aromatic N) is 2. The molecule has 0 aliphatic rings. The lowest BCUT2D eigenvalue weighted by molar-refractivity contribution is 0.301. The van der Waals surface area contributed by atoms with Gasteiger partial charge in [-0.2, -0.15) is 0 Å². The van der Waals surface area contributed by atoms with Gasteiger partial charge in [-0.3, -0.25) is 4.99 Å². The highest BCUT2D eigenvalue weighted by Gasteiger charge is 2.18. The molecule has 5 heteroatoms. The molecule has 1 aromatic carbocycles. The highest BCUT2D eigenvalue weighted by atomic mass is 16.5. The monoisotopic (exact) mass is 404 g/mol. The van der Waals surface area contributed by atoms with Crippen molar-refractivity contribution < 1.29 is 4.74 Å². The normalized spacial score (nSPS) is 12.6. The van der Waals surface area contributed by atoms with Crippen LogP contribution >= 0.6 is 0 Å². The van der Waals surface area contributed by atoms with Crippen molar-refractivity contribution in [2.45, 2.75) is 73.8 Å². The molecule has 5 nitrogen and oxygen atoms in total. The van der Waals surface area contributed by atoms with Crippen LogP contribution in [0.25, 0.3) is 0 Å². The molecule has 0 amide bonds. The van der Waals surface area contributed by atoms with E-state index in [4.69, 9.17) is 15.5 Å². The maximum atomic E-state index is 5.89. The number of unbranched alkanes of at least 4 members (excludes halogenated alkanes) is 1. The summed E-state index contributed by atoms with van der Waals surface area (Å²) in [5.41, 5.74) is 6.88. The van der Waals surface area contributed by atoms with Crippen molar-refractivity contribution in [3.8, 4) is 5.75 Å². The highest BCUT2D eigenvalue weighted by Crippen LogP contribution is 2.18. The lowest BCUT2D eigenvalue weighted by atomic mass is 9.94. The summed E-state index contributed by atoms with van der Waals surface area (Å²) in [6, 6.07) is 8.53. The molecule has 1 aromatic rings. The average molecular weight is 405 g/mol. The second kappa shape index (κ2) is 12.7. The zero-order valence-corrected chi connectivity index (χ0v) is 19.8. The van der Waals surface area contributed by atoms with E-state index in [2.05, 4.69) is 70.8 Å². The van der Waals surface area contributed by atoms with E-state index >= 15 is 0 Å². The third kappa shape index (κ3) is 10.0. The Labute approximate surface area is 179 Å². The summed E-state index contributed by atoms with van der Waals surface area (Å²) >= 11 is 0. The summed E-state index contributed by atoms with van der Waals surface area (Å²) in [4.78, 5) is 7.15. The molecule has 0 atom stereocenters. The van der Waals surface area contributed by atoms with Gasteiger partial charge in [0.2, 0.25) is 0 Å². The van der Waals surface area contributed by atoms with Gasteiger partial charge >= 0.3 is 0 Å². The lowest BCUT2D eigenvalue weighted by Gasteiger charge is -2.30. The van der Waals surface area contributed by atoms with Crippen LogP contribution in [0.1, 0.15) is 67.7 Å². The van der Waals surface area contributed by atoms with Crippen LogP contribution in [0.3, 0.4) is 0 Å². The molecule has 166 valence electrons. The molecule has 0 heterocycles. The number of anilines is 1. The van der Waals surface area contributed by atoms with Crippen LogP contribution in [0.5, 0.6) is 5.75 Å². The average Bonchev–Trinajstić information content (AvgIpc) is 2.67. The van der Waals surface area contributed by atoms with Crippen LogP contribution in [0.4, 0.5) is 5.69 Å². The van der Waals surface area contributed by atoms with Crippen molar-refractivity contribution in [2.24, 2.45) is 22.1 Å². The predicted octanol–water partition coefficient (Wildman–Crippen LogP) is 5.37. The van der Waals surface area contributed by atoms with Crippen LogP contribution in [-0.2, 0) is 0 Å². The van der Waals surface area contributed by atoms with Crippen LogP contribution in [0.15, 0.2) is 29.3 Å². The first-order valence-corrected chi connectivity index (χ1v) is 11.2. The van der Waals surface area contributed by atoms with Crippen molar-refractivity contribution in [2.75, 3.05) is 31.6 Å². The molecule has 3 N–H and O–H groups in total. The summed E-state index contributed by atoms with van der Waals surface area (Å²) in [6.45, 7) is 18.3. The third-order valence-corrected chi connectivity index (χ3v) is 5.00. The predicted molar refractivity (Wildman–Crippen MR) is 127 cm³/mol. The number of nitrogens with one attached hydrogen (secondary N) is 1. The van der Waals surface area contributed by atoms with Gasteiger partial charge in [0.25, 0.3) is 0 Å². The summed E-state index contributed by atoms with van der Waals surface area (Å²) in [5, 5.41) is 3.50. The number of hydrogen-bond acceptors (Lipinski definition) is 3. The fraction of sp³-hybridized carbons (Fsp3) is 0.708. The van der Waals surface area contributed by atoms with Crippen molar-refractivity contribution in [1.29, 1.82) is 0 Å². The molecule has 0 unspecified atom stereocenters. The largest absolute Gasteiger partial charge is 0.494 e. The molecule has 0 fully saturated rings. The molecule has 0 saturated heterocycles. The Morgan fingerprint density at radius 2 is 1.79 bits per heavy atom. The van der Waals surface area contributed by atoms with E-state index in [9.17, 15) is 0 Å². The summed E-state index contributed by atoms with van der Waals surface area (Å²) < 4.78 is 5.88. The summed E-state index contributed by atoms with van der Waals surface area (Å²) in [6.07, 6.45) is 3.59. The molecule has 0 radical (unpaired) electrons. The number of nitrogens with two attached hydrogens (primary N) is 1. The second-order valence-electron chi connectivity index (χ2n) is 9.28. The zero-order valence-electron chi connectivity index (χ0n) is 19.8. The number of ether oxygens (including phenoxy) is 1. The van der Waals surface area contributed by atoms with E-state index in [0.717, 1.165) is 42.9 Å². The smallest absolute Gasteiger partial charge is 0.198 e. The number of guanidine groups is 1. The molecular weight excluding hydrogens is 360 g/mol. The zero-order chi connectivity index (χ0) is 21.9. The van der Waals surface area contributed by atoms with E-state index in [-0.39, 0.29) is 5.41 Å². The maximum absolute atomic E-state index is 5.89. The molecule has 0 aromatic heterocycles. The maximum Gasteiger partial charge on any atom is 0.198 e. The van der Waals surface area contributed by atoms with Crippen LogP contribution in [0, 0.1) is 11.3 Å². The van der Waals surface area contributed by atoms with E-state index in [1.54, 1.807) is 0 Å². The van der Waals surface area contributed by atoms with Gasteiger partial charge in [-0.25, -0.2) is 0 Å². The molecule has 1 rings (SSSR count). The Bertz CT molecular complexity index is 593. The van der Waals surface area contributed by atoms with Gasteiger partial charge in [0.05, 0.1) is 6.61 Å². The Balaban J connectivity index is 2.74. The van der Waals surface area contributed by atoms with Crippen LogP contribution in [-0.4, -0.2) is 43.1 Å². The van der Waals surface area contributed by atoms with Crippen LogP contribution in [0.2, 0.25) is 0 Å². The Kier molecular flexibility index (Phi) is 11.1. The van der Waals surface area contributed by atoms with Crippen molar-refractivity contribution in [3.05, 3.63) is 24.3 Å².